The zero-order valence-corrected chi connectivity index (χ0v) is 13.2. The van der Waals surface area contributed by atoms with Crippen LogP contribution in [0.5, 0.6) is 0 Å². The molecule has 13 nitrogen and oxygen atoms in total. The second-order valence-corrected chi connectivity index (χ2v) is 6.18. The summed E-state index contributed by atoms with van der Waals surface area (Å²) in [5.74, 6) is 0. The van der Waals surface area contributed by atoms with Crippen LogP contribution in [-0.2, 0) is 10.1 Å². The number of nitro groups is 3. The van der Waals surface area contributed by atoms with Gasteiger partial charge in [0.1, 0.15) is 0 Å². The molecule has 0 amide bonds. The molecule has 26 heavy (non-hydrogen) atoms. The van der Waals surface area contributed by atoms with Gasteiger partial charge >= 0.3 is 11.4 Å². The highest BCUT2D eigenvalue weighted by Crippen LogP contribution is 2.40. The number of nitro benzene ring substituents is 3. The number of rotatable bonds is 6. The molecule has 0 aliphatic carbocycles. The van der Waals surface area contributed by atoms with Gasteiger partial charge in [-0.25, -0.2) is 0 Å². The fourth-order valence-corrected chi connectivity index (χ4v) is 2.52. The van der Waals surface area contributed by atoms with E-state index in [2.05, 4.69) is 5.32 Å². The van der Waals surface area contributed by atoms with E-state index in [1.165, 1.54) is 12.1 Å². The molecular formula is C12H8N4O9S. The van der Waals surface area contributed by atoms with Crippen LogP contribution in [0.4, 0.5) is 28.4 Å². The molecule has 0 unspecified atom stereocenters. The molecule has 14 heteroatoms. The number of benzene rings is 2. The summed E-state index contributed by atoms with van der Waals surface area (Å²) in [6, 6.07) is 5.37. The van der Waals surface area contributed by atoms with E-state index in [1.807, 2.05) is 0 Å². The Balaban J connectivity index is 2.67. The minimum absolute atomic E-state index is 0.139. The Labute approximate surface area is 144 Å². The van der Waals surface area contributed by atoms with Crippen LogP contribution in [0.15, 0.2) is 41.3 Å². The first-order chi connectivity index (χ1) is 12.0. The van der Waals surface area contributed by atoms with E-state index in [9.17, 15) is 38.8 Å². The van der Waals surface area contributed by atoms with E-state index in [-0.39, 0.29) is 5.69 Å². The van der Waals surface area contributed by atoms with Gasteiger partial charge in [-0.3, -0.25) is 34.9 Å². The number of hydrogen-bond acceptors (Lipinski definition) is 9. The van der Waals surface area contributed by atoms with Gasteiger partial charge in [0.15, 0.2) is 5.69 Å². The van der Waals surface area contributed by atoms with Crippen molar-refractivity contribution < 1.29 is 27.7 Å². The Kier molecular flexibility index (Phi) is 4.81. The van der Waals surface area contributed by atoms with Gasteiger partial charge in [0.25, 0.3) is 15.8 Å². The van der Waals surface area contributed by atoms with Crippen LogP contribution in [0.25, 0.3) is 0 Å². The lowest BCUT2D eigenvalue weighted by molar-refractivity contribution is -0.401. The minimum Gasteiger partial charge on any atom is -0.344 e. The summed E-state index contributed by atoms with van der Waals surface area (Å²) in [4.78, 5) is 29.5. The maximum absolute atomic E-state index is 11.2. The van der Waals surface area contributed by atoms with Crippen molar-refractivity contribution in [3.8, 4) is 0 Å². The summed E-state index contributed by atoms with van der Waals surface area (Å²) >= 11 is 0. The van der Waals surface area contributed by atoms with Gasteiger partial charge in [-0.2, -0.15) is 8.42 Å². The Bertz CT molecular complexity index is 1000. The molecule has 2 aromatic rings. The van der Waals surface area contributed by atoms with Crippen molar-refractivity contribution in [2.45, 2.75) is 4.90 Å². The molecular weight excluding hydrogens is 376 g/mol. The van der Waals surface area contributed by atoms with E-state index in [1.54, 1.807) is 0 Å². The highest BCUT2D eigenvalue weighted by atomic mass is 32.2. The van der Waals surface area contributed by atoms with Crippen LogP contribution in [0.2, 0.25) is 0 Å². The molecule has 0 aliphatic rings. The molecule has 0 bridgehead atoms. The number of nitrogens with one attached hydrogen (secondary N) is 1. The molecule has 0 atom stereocenters. The van der Waals surface area contributed by atoms with Gasteiger partial charge in [0.05, 0.1) is 31.8 Å². The lowest BCUT2D eigenvalue weighted by Gasteiger charge is -2.09. The number of hydrogen-bond donors (Lipinski definition) is 2. The average molecular weight is 384 g/mol. The quantitative estimate of drug-likeness (QED) is 0.423. The normalized spacial score (nSPS) is 11.0. The van der Waals surface area contributed by atoms with E-state index in [4.69, 9.17) is 4.55 Å². The standard InChI is InChI=1S/C12H8N4O9S/c17-14(18)8-5-10(15(19)20)12(11(6-8)16(21)22)13-7-2-1-3-9(4-7)26(23,24)25/h1-6,13H,(H,23,24,25). The minimum atomic E-state index is -4.59. The maximum Gasteiger partial charge on any atom is 0.306 e. The molecule has 0 aliphatic heterocycles. The summed E-state index contributed by atoms with van der Waals surface area (Å²) in [6.07, 6.45) is 0. The first kappa shape index (κ1) is 18.7. The van der Waals surface area contributed by atoms with Crippen molar-refractivity contribution in [3.63, 3.8) is 0 Å². The summed E-state index contributed by atoms with van der Waals surface area (Å²) in [6.45, 7) is 0. The van der Waals surface area contributed by atoms with E-state index >= 15 is 0 Å². The molecule has 0 saturated carbocycles. The fourth-order valence-electron chi connectivity index (χ4n) is 2.00. The average Bonchev–Trinajstić information content (AvgIpc) is 2.53. The molecule has 2 rings (SSSR count). The van der Waals surface area contributed by atoms with Crippen molar-refractivity contribution >= 4 is 38.6 Å². The zero-order valence-electron chi connectivity index (χ0n) is 12.4. The van der Waals surface area contributed by atoms with Crippen LogP contribution >= 0.6 is 0 Å². The van der Waals surface area contributed by atoms with Crippen LogP contribution in [0, 0.1) is 30.3 Å². The molecule has 0 fully saturated rings. The molecule has 2 aromatic carbocycles. The summed E-state index contributed by atoms with van der Waals surface area (Å²) in [5.41, 5.74) is -3.59. The smallest absolute Gasteiger partial charge is 0.306 e. The molecule has 0 aromatic heterocycles. The second kappa shape index (κ2) is 6.69. The SMILES string of the molecule is O=[N+]([O-])c1cc([N+](=O)[O-])c(Nc2cccc(S(=O)(=O)O)c2)c([N+](=O)[O-])c1. The predicted molar refractivity (Wildman–Crippen MR) is 85.9 cm³/mol. The van der Waals surface area contributed by atoms with Crippen molar-refractivity contribution in [2.75, 3.05) is 5.32 Å². The summed E-state index contributed by atoms with van der Waals surface area (Å²) < 4.78 is 31.3. The van der Waals surface area contributed by atoms with Crippen molar-refractivity contribution in [1.82, 2.24) is 0 Å². The topological polar surface area (TPSA) is 196 Å². The summed E-state index contributed by atoms with van der Waals surface area (Å²) in [5, 5.41) is 35.5. The van der Waals surface area contributed by atoms with E-state index in [0.29, 0.717) is 12.1 Å². The Hall–Kier alpha value is -3.65. The molecule has 0 radical (unpaired) electrons. The van der Waals surface area contributed by atoms with Crippen LogP contribution < -0.4 is 5.32 Å². The number of anilines is 2. The molecule has 0 heterocycles. The number of nitrogens with zero attached hydrogens (tertiary/aromatic N) is 3. The third kappa shape index (κ3) is 3.87. The lowest BCUT2D eigenvalue weighted by atomic mass is 10.2. The number of non-ortho nitro benzene ring substituents is 1. The third-order valence-electron chi connectivity index (χ3n) is 3.09. The fraction of sp³-hybridized carbons (Fsp3) is 0. The van der Waals surface area contributed by atoms with Crippen LogP contribution in [0.1, 0.15) is 0 Å². The highest BCUT2D eigenvalue weighted by molar-refractivity contribution is 7.85. The van der Waals surface area contributed by atoms with Crippen molar-refractivity contribution in [1.29, 1.82) is 0 Å². The van der Waals surface area contributed by atoms with Crippen LogP contribution in [0.3, 0.4) is 0 Å². The first-order valence-corrected chi connectivity index (χ1v) is 7.90. The first-order valence-electron chi connectivity index (χ1n) is 6.46. The third-order valence-corrected chi connectivity index (χ3v) is 3.94. The van der Waals surface area contributed by atoms with Crippen molar-refractivity contribution in [3.05, 3.63) is 66.7 Å². The van der Waals surface area contributed by atoms with E-state index < -0.39 is 52.5 Å². The van der Waals surface area contributed by atoms with Gasteiger partial charge in [0, 0.05) is 5.69 Å². The lowest BCUT2D eigenvalue weighted by Crippen LogP contribution is -2.04. The largest absolute Gasteiger partial charge is 0.344 e. The molecule has 136 valence electrons. The Morgan fingerprint density at radius 2 is 1.42 bits per heavy atom. The molecule has 0 saturated heterocycles. The monoisotopic (exact) mass is 384 g/mol. The zero-order chi connectivity index (χ0) is 19.6. The Morgan fingerprint density at radius 1 is 0.885 bits per heavy atom. The van der Waals surface area contributed by atoms with Gasteiger partial charge in [-0.1, -0.05) is 6.07 Å². The van der Waals surface area contributed by atoms with Gasteiger partial charge < -0.3 is 5.32 Å². The van der Waals surface area contributed by atoms with Gasteiger partial charge in [-0.15, -0.1) is 0 Å². The Morgan fingerprint density at radius 3 is 1.85 bits per heavy atom. The maximum atomic E-state index is 11.2. The highest BCUT2D eigenvalue weighted by Gasteiger charge is 2.30. The van der Waals surface area contributed by atoms with Crippen molar-refractivity contribution in [2.24, 2.45) is 0 Å². The van der Waals surface area contributed by atoms with Gasteiger partial charge in [-0.05, 0) is 18.2 Å². The predicted octanol–water partition coefficient (Wildman–Crippen LogP) is 2.40. The summed E-state index contributed by atoms with van der Waals surface area (Å²) in [7, 11) is -4.59. The van der Waals surface area contributed by atoms with Gasteiger partial charge in [0.2, 0.25) is 0 Å². The van der Waals surface area contributed by atoms with Crippen LogP contribution in [-0.4, -0.2) is 27.7 Å². The second-order valence-electron chi connectivity index (χ2n) is 4.76. The van der Waals surface area contributed by atoms with E-state index in [0.717, 1.165) is 12.1 Å². The molecule has 0 spiro atoms. The molecule has 2 N–H and O–H groups in total.